The highest BCUT2D eigenvalue weighted by Crippen LogP contribution is 2.23. The molecule has 2 heterocycles. The molecule has 0 aliphatic carbocycles. The topological polar surface area (TPSA) is 63.6 Å². The third-order valence-electron chi connectivity index (χ3n) is 3.38. The van der Waals surface area contributed by atoms with Gasteiger partial charge in [0.1, 0.15) is 17.2 Å². The number of benzene rings is 1. The van der Waals surface area contributed by atoms with E-state index in [1.165, 1.54) is 12.1 Å². The van der Waals surface area contributed by atoms with Crippen LogP contribution in [0.5, 0.6) is 0 Å². The smallest absolute Gasteiger partial charge is 0.277 e. The minimum Gasteiger partial charge on any atom is -0.305 e. The number of aromatic nitrogens is 4. The minimum atomic E-state index is -0.327. The third-order valence-corrected chi connectivity index (χ3v) is 3.38. The fourth-order valence-electron chi connectivity index (χ4n) is 2.34. The van der Waals surface area contributed by atoms with Gasteiger partial charge < -0.3 is 4.98 Å². The molecule has 3 aromatic rings. The van der Waals surface area contributed by atoms with E-state index in [1.807, 2.05) is 13.8 Å². The first kappa shape index (κ1) is 13.5. The monoisotopic (exact) mass is 286 g/mol. The molecule has 0 fully saturated rings. The van der Waals surface area contributed by atoms with Gasteiger partial charge in [0.05, 0.1) is 5.69 Å². The van der Waals surface area contributed by atoms with Crippen molar-refractivity contribution in [2.75, 3.05) is 0 Å². The Hall–Kier alpha value is -2.50. The van der Waals surface area contributed by atoms with Crippen molar-refractivity contribution in [3.05, 3.63) is 46.1 Å². The van der Waals surface area contributed by atoms with Crippen molar-refractivity contribution in [2.24, 2.45) is 7.05 Å². The van der Waals surface area contributed by atoms with Gasteiger partial charge in [-0.3, -0.25) is 9.48 Å². The summed E-state index contributed by atoms with van der Waals surface area (Å²) in [6.45, 7) is 4.00. The lowest BCUT2D eigenvalue weighted by Crippen LogP contribution is -2.12. The van der Waals surface area contributed by atoms with Crippen LogP contribution >= 0.6 is 0 Å². The van der Waals surface area contributed by atoms with Gasteiger partial charge in [-0.25, -0.2) is 9.37 Å². The van der Waals surface area contributed by atoms with Gasteiger partial charge in [0.2, 0.25) is 0 Å². The third kappa shape index (κ3) is 2.22. The highest BCUT2D eigenvalue weighted by molar-refractivity contribution is 5.79. The molecule has 21 heavy (non-hydrogen) atoms. The summed E-state index contributed by atoms with van der Waals surface area (Å²) >= 11 is 0. The van der Waals surface area contributed by atoms with Crippen LogP contribution in [-0.4, -0.2) is 19.7 Å². The molecule has 6 heteroatoms. The summed E-state index contributed by atoms with van der Waals surface area (Å²) < 4.78 is 14.5. The summed E-state index contributed by atoms with van der Waals surface area (Å²) in [6.07, 6.45) is 0. The molecule has 0 aliphatic heterocycles. The first-order valence-electron chi connectivity index (χ1n) is 6.70. The average molecular weight is 286 g/mol. The normalized spacial score (nSPS) is 11.5. The molecule has 0 atom stereocenters. The lowest BCUT2D eigenvalue weighted by Gasteiger charge is -2.03. The predicted octanol–water partition coefficient (Wildman–Crippen LogP) is 2.59. The van der Waals surface area contributed by atoms with E-state index >= 15 is 0 Å². The zero-order valence-corrected chi connectivity index (χ0v) is 12.0. The molecule has 5 nitrogen and oxygen atoms in total. The van der Waals surface area contributed by atoms with Gasteiger partial charge in [-0.05, 0) is 30.2 Å². The molecule has 108 valence electrons. The van der Waals surface area contributed by atoms with Crippen molar-refractivity contribution in [2.45, 2.75) is 19.8 Å². The van der Waals surface area contributed by atoms with Crippen LogP contribution in [0.2, 0.25) is 0 Å². The van der Waals surface area contributed by atoms with E-state index in [0.29, 0.717) is 22.4 Å². The Bertz CT molecular complexity index is 862. The van der Waals surface area contributed by atoms with Crippen LogP contribution in [-0.2, 0) is 7.05 Å². The van der Waals surface area contributed by atoms with Gasteiger partial charge >= 0.3 is 0 Å². The zero-order valence-electron chi connectivity index (χ0n) is 12.0. The molecule has 0 amide bonds. The molecule has 1 aromatic carbocycles. The van der Waals surface area contributed by atoms with Crippen molar-refractivity contribution in [3.63, 3.8) is 0 Å². The summed E-state index contributed by atoms with van der Waals surface area (Å²) in [5.41, 5.74) is 2.23. The molecule has 1 N–H and O–H groups in total. The molecule has 0 spiro atoms. The molecule has 0 saturated carbocycles. The largest absolute Gasteiger partial charge is 0.305 e. The number of halogens is 1. The molecule has 0 aliphatic rings. The molecule has 3 rings (SSSR count). The first-order valence-corrected chi connectivity index (χ1v) is 6.70. The molecular weight excluding hydrogens is 271 g/mol. The molecule has 0 saturated heterocycles. The van der Waals surface area contributed by atoms with E-state index in [2.05, 4.69) is 15.1 Å². The maximum absolute atomic E-state index is 13.0. The number of aryl methyl sites for hydroxylation is 1. The van der Waals surface area contributed by atoms with Crippen LogP contribution < -0.4 is 5.56 Å². The average Bonchev–Trinajstić information content (AvgIpc) is 2.77. The van der Waals surface area contributed by atoms with Crippen LogP contribution in [0.3, 0.4) is 0 Å². The molecular formula is C15H15FN4O. The number of nitrogens with zero attached hydrogens (tertiary/aromatic N) is 3. The van der Waals surface area contributed by atoms with E-state index in [-0.39, 0.29) is 17.3 Å². The van der Waals surface area contributed by atoms with E-state index in [4.69, 9.17) is 0 Å². The summed E-state index contributed by atoms with van der Waals surface area (Å²) in [5, 5.41) is 4.37. The van der Waals surface area contributed by atoms with Crippen LogP contribution in [0.1, 0.15) is 25.5 Å². The Balaban J connectivity index is 2.29. The standard InChI is InChI=1S/C15H15FN4O/c1-8(2)11-12-13(20(3)19-11)15(21)18-14(17-12)9-4-6-10(16)7-5-9/h4-8H,1-3H3,(H,17,18,21). The van der Waals surface area contributed by atoms with Crippen molar-refractivity contribution < 1.29 is 4.39 Å². The minimum absolute atomic E-state index is 0.157. The Kier molecular flexibility index (Phi) is 3.08. The van der Waals surface area contributed by atoms with Crippen LogP contribution in [0.25, 0.3) is 22.4 Å². The highest BCUT2D eigenvalue weighted by Gasteiger charge is 2.17. The number of rotatable bonds is 2. The quantitative estimate of drug-likeness (QED) is 0.787. The van der Waals surface area contributed by atoms with Gasteiger partial charge in [0.15, 0.2) is 5.52 Å². The Labute approximate surface area is 120 Å². The number of nitrogens with one attached hydrogen (secondary N) is 1. The number of aromatic amines is 1. The lowest BCUT2D eigenvalue weighted by atomic mass is 10.1. The number of hydrogen-bond donors (Lipinski definition) is 1. The summed E-state index contributed by atoms with van der Waals surface area (Å²) in [6, 6.07) is 5.86. The van der Waals surface area contributed by atoms with Crippen molar-refractivity contribution in [3.8, 4) is 11.4 Å². The Morgan fingerprint density at radius 2 is 1.90 bits per heavy atom. The highest BCUT2D eigenvalue weighted by atomic mass is 19.1. The molecule has 0 bridgehead atoms. The van der Waals surface area contributed by atoms with Gasteiger partial charge in [-0.1, -0.05) is 13.8 Å². The SMILES string of the molecule is CC(C)c1nn(C)c2c(=O)[nH]c(-c3ccc(F)cc3)nc12. The number of H-pyrrole nitrogens is 1. The van der Waals surface area contributed by atoms with E-state index < -0.39 is 0 Å². The predicted molar refractivity (Wildman–Crippen MR) is 78.6 cm³/mol. The second-order valence-corrected chi connectivity index (χ2v) is 5.28. The summed E-state index contributed by atoms with van der Waals surface area (Å²) in [4.78, 5) is 19.5. The number of fused-ring (bicyclic) bond motifs is 1. The maximum Gasteiger partial charge on any atom is 0.277 e. The van der Waals surface area contributed by atoms with Crippen LogP contribution in [0.4, 0.5) is 4.39 Å². The number of hydrogen-bond acceptors (Lipinski definition) is 3. The van der Waals surface area contributed by atoms with Gasteiger partial charge in [-0.15, -0.1) is 0 Å². The van der Waals surface area contributed by atoms with E-state index in [9.17, 15) is 9.18 Å². The molecule has 2 aromatic heterocycles. The van der Waals surface area contributed by atoms with E-state index in [0.717, 1.165) is 5.69 Å². The van der Waals surface area contributed by atoms with Gasteiger partial charge in [-0.2, -0.15) is 5.10 Å². The second-order valence-electron chi connectivity index (χ2n) is 5.28. The lowest BCUT2D eigenvalue weighted by molar-refractivity contribution is 0.628. The van der Waals surface area contributed by atoms with Crippen LogP contribution in [0.15, 0.2) is 29.1 Å². The fourth-order valence-corrected chi connectivity index (χ4v) is 2.34. The maximum atomic E-state index is 13.0. The van der Waals surface area contributed by atoms with Gasteiger partial charge in [0.25, 0.3) is 5.56 Å². The summed E-state index contributed by atoms with van der Waals surface area (Å²) in [5.74, 6) is 0.248. The van der Waals surface area contributed by atoms with Crippen molar-refractivity contribution in [1.82, 2.24) is 19.7 Å². The van der Waals surface area contributed by atoms with Crippen LogP contribution in [0, 0.1) is 5.82 Å². The van der Waals surface area contributed by atoms with Crippen molar-refractivity contribution in [1.29, 1.82) is 0 Å². The van der Waals surface area contributed by atoms with Gasteiger partial charge in [0, 0.05) is 12.6 Å². The molecule has 0 unspecified atom stereocenters. The Morgan fingerprint density at radius 1 is 1.24 bits per heavy atom. The first-order chi connectivity index (χ1) is 9.97. The molecule has 0 radical (unpaired) electrons. The van der Waals surface area contributed by atoms with Crippen molar-refractivity contribution >= 4 is 11.0 Å². The fraction of sp³-hybridized carbons (Fsp3) is 0.267. The zero-order chi connectivity index (χ0) is 15.1. The second kappa shape index (κ2) is 4.80. The van der Waals surface area contributed by atoms with E-state index in [1.54, 1.807) is 23.9 Å². The Morgan fingerprint density at radius 3 is 2.52 bits per heavy atom. The summed E-state index contributed by atoms with van der Waals surface area (Å²) in [7, 11) is 1.72.